The highest BCUT2D eigenvalue weighted by molar-refractivity contribution is 5.25. The van der Waals surface area contributed by atoms with Crippen molar-refractivity contribution >= 4 is 0 Å². The van der Waals surface area contributed by atoms with Crippen molar-refractivity contribution in [2.75, 3.05) is 0 Å². The van der Waals surface area contributed by atoms with Crippen LogP contribution in [0.4, 0.5) is 0 Å². The first-order valence-corrected chi connectivity index (χ1v) is 6.91. The van der Waals surface area contributed by atoms with Crippen molar-refractivity contribution in [3.05, 3.63) is 17.0 Å². The molecule has 0 spiro atoms. The molecule has 1 unspecified atom stereocenters. The van der Waals surface area contributed by atoms with Crippen LogP contribution in [0, 0.1) is 13.8 Å². The lowest BCUT2D eigenvalue weighted by Gasteiger charge is -2.13. The van der Waals surface area contributed by atoms with Crippen molar-refractivity contribution in [2.24, 2.45) is 0 Å². The van der Waals surface area contributed by atoms with Crippen LogP contribution in [-0.4, -0.2) is 15.8 Å². The van der Waals surface area contributed by atoms with Gasteiger partial charge in [-0.25, -0.2) is 0 Å². The monoisotopic (exact) mass is 235 g/mol. The average molecular weight is 235 g/mol. The Kier molecular flexibility index (Phi) is 3.87. The minimum atomic E-state index is 0.522. The molecule has 1 aromatic heterocycles. The van der Waals surface area contributed by atoms with E-state index in [-0.39, 0.29) is 0 Å². The number of hydrogen-bond donors (Lipinski definition) is 1. The molecule has 1 aromatic rings. The molecule has 1 fully saturated rings. The molecule has 1 aliphatic carbocycles. The maximum absolute atomic E-state index is 4.70. The highest BCUT2D eigenvalue weighted by Gasteiger charge is 2.22. The molecule has 2 rings (SSSR count). The van der Waals surface area contributed by atoms with E-state index in [0.717, 1.165) is 12.6 Å². The van der Waals surface area contributed by atoms with Crippen molar-refractivity contribution in [2.45, 2.75) is 72.0 Å². The van der Waals surface area contributed by atoms with Crippen molar-refractivity contribution < 1.29 is 0 Å². The van der Waals surface area contributed by atoms with Gasteiger partial charge < -0.3 is 5.32 Å². The summed E-state index contributed by atoms with van der Waals surface area (Å²) in [6.45, 7) is 9.82. The van der Waals surface area contributed by atoms with Gasteiger partial charge in [0.1, 0.15) is 0 Å². The average Bonchev–Trinajstić information content (AvgIpc) is 3.05. The summed E-state index contributed by atoms with van der Waals surface area (Å²) in [4.78, 5) is 0. The molecule has 0 amide bonds. The van der Waals surface area contributed by atoms with Crippen molar-refractivity contribution in [3.63, 3.8) is 0 Å². The van der Waals surface area contributed by atoms with E-state index in [1.54, 1.807) is 0 Å². The molecular formula is C14H25N3. The summed E-state index contributed by atoms with van der Waals surface area (Å²) in [6, 6.07) is 1.29. The highest BCUT2D eigenvalue weighted by atomic mass is 15.3. The SMILES string of the molecule is CCCC(C)n1nc(C)c(CNC2CC2)c1C. The lowest BCUT2D eigenvalue weighted by atomic mass is 10.1. The van der Waals surface area contributed by atoms with Crippen LogP contribution in [0.3, 0.4) is 0 Å². The van der Waals surface area contributed by atoms with E-state index in [9.17, 15) is 0 Å². The van der Waals surface area contributed by atoms with E-state index >= 15 is 0 Å². The Balaban J connectivity index is 2.09. The fourth-order valence-corrected chi connectivity index (χ4v) is 2.46. The predicted octanol–water partition coefficient (Wildman–Crippen LogP) is 3.11. The Labute approximate surface area is 105 Å². The molecule has 0 radical (unpaired) electrons. The van der Waals surface area contributed by atoms with Crippen LogP contribution in [0.1, 0.15) is 62.5 Å². The van der Waals surface area contributed by atoms with Crippen LogP contribution in [0.5, 0.6) is 0 Å². The van der Waals surface area contributed by atoms with E-state index < -0.39 is 0 Å². The van der Waals surface area contributed by atoms with Crippen LogP contribution in [0.15, 0.2) is 0 Å². The second kappa shape index (κ2) is 5.21. The zero-order valence-corrected chi connectivity index (χ0v) is 11.6. The molecule has 0 saturated heterocycles. The molecule has 0 aromatic carbocycles. The van der Waals surface area contributed by atoms with Crippen molar-refractivity contribution in [1.29, 1.82) is 0 Å². The third kappa shape index (κ3) is 2.89. The summed E-state index contributed by atoms with van der Waals surface area (Å²) in [5, 5.41) is 8.29. The largest absolute Gasteiger partial charge is 0.310 e. The molecule has 17 heavy (non-hydrogen) atoms. The van der Waals surface area contributed by atoms with E-state index in [2.05, 4.69) is 37.7 Å². The molecule has 0 aliphatic heterocycles. The van der Waals surface area contributed by atoms with Crippen LogP contribution < -0.4 is 5.32 Å². The Morgan fingerprint density at radius 1 is 1.41 bits per heavy atom. The van der Waals surface area contributed by atoms with Gasteiger partial charge in [0.2, 0.25) is 0 Å². The molecule has 3 nitrogen and oxygen atoms in total. The number of nitrogens with one attached hydrogen (secondary N) is 1. The lowest BCUT2D eigenvalue weighted by molar-refractivity contribution is 0.443. The van der Waals surface area contributed by atoms with Crippen LogP contribution >= 0.6 is 0 Å². The van der Waals surface area contributed by atoms with E-state index in [4.69, 9.17) is 5.10 Å². The first-order valence-electron chi connectivity index (χ1n) is 6.91. The van der Waals surface area contributed by atoms with Gasteiger partial charge in [-0.15, -0.1) is 0 Å². The standard InChI is InChI=1S/C14H25N3/c1-5-6-10(2)17-12(4)14(11(3)16-17)9-15-13-7-8-13/h10,13,15H,5-9H2,1-4H3. The van der Waals surface area contributed by atoms with Gasteiger partial charge in [-0.3, -0.25) is 4.68 Å². The summed E-state index contributed by atoms with van der Waals surface area (Å²) in [5.41, 5.74) is 3.94. The molecule has 96 valence electrons. The first-order chi connectivity index (χ1) is 8.13. The van der Waals surface area contributed by atoms with E-state index in [1.807, 2.05) is 0 Å². The Hall–Kier alpha value is -0.830. The number of aryl methyl sites for hydroxylation is 1. The topological polar surface area (TPSA) is 29.9 Å². The van der Waals surface area contributed by atoms with Gasteiger partial charge in [0.15, 0.2) is 0 Å². The molecule has 1 heterocycles. The summed E-state index contributed by atoms with van der Waals surface area (Å²) < 4.78 is 2.21. The van der Waals surface area contributed by atoms with Gasteiger partial charge in [-0.2, -0.15) is 5.10 Å². The van der Waals surface area contributed by atoms with Gasteiger partial charge in [0, 0.05) is 29.9 Å². The second-order valence-electron chi connectivity index (χ2n) is 5.39. The molecule has 3 heteroatoms. The lowest BCUT2D eigenvalue weighted by Crippen LogP contribution is -2.16. The normalized spacial score (nSPS) is 17.4. The fourth-order valence-electron chi connectivity index (χ4n) is 2.46. The number of nitrogens with zero attached hydrogens (tertiary/aromatic N) is 2. The Morgan fingerprint density at radius 3 is 2.71 bits per heavy atom. The molecule has 1 saturated carbocycles. The maximum Gasteiger partial charge on any atom is 0.0641 e. The Bertz CT molecular complexity index is 377. The molecule has 1 N–H and O–H groups in total. The zero-order valence-electron chi connectivity index (χ0n) is 11.6. The smallest absolute Gasteiger partial charge is 0.0641 e. The van der Waals surface area contributed by atoms with E-state index in [0.29, 0.717) is 6.04 Å². The third-order valence-electron chi connectivity index (χ3n) is 3.74. The van der Waals surface area contributed by atoms with Crippen LogP contribution in [-0.2, 0) is 6.54 Å². The minimum Gasteiger partial charge on any atom is -0.310 e. The predicted molar refractivity (Wildman–Crippen MR) is 71.2 cm³/mol. The molecule has 1 atom stereocenters. The van der Waals surface area contributed by atoms with Gasteiger partial charge in [-0.05, 0) is 40.0 Å². The minimum absolute atomic E-state index is 0.522. The van der Waals surface area contributed by atoms with Gasteiger partial charge in [-0.1, -0.05) is 13.3 Å². The summed E-state index contributed by atoms with van der Waals surface area (Å²) in [5.74, 6) is 0. The second-order valence-corrected chi connectivity index (χ2v) is 5.39. The number of aromatic nitrogens is 2. The van der Waals surface area contributed by atoms with Crippen LogP contribution in [0.25, 0.3) is 0 Å². The third-order valence-corrected chi connectivity index (χ3v) is 3.74. The van der Waals surface area contributed by atoms with Crippen LogP contribution in [0.2, 0.25) is 0 Å². The number of hydrogen-bond acceptors (Lipinski definition) is 2. The zero-order chi connectivity index (χ0) is 12.4. The molecule has 0 bridgehead atoms. The molecule has 1 aliphatic rings. The Morgan fingerprint density at radius 2 is 2.12 bits per heavy atom. The highest BCUT2D eigenvalue weighted by Crippen LogP contribution is 2.23. The quantitative estimate of drug-likeness (QED) is 0.821. The number of rotatable bonds is 6. The van der Waals surface area contributed by atoms with Crippen molar-refractivity contribution in [1.82, 2.24) is 15.1 Å². The summed E-state index contributed by atoms with van der Waals surface area (Å²) in [7, 11) is 0. The first kappa shape index (κ1) is 12.6. The van der Waals surface area contributed by atoms with Crippen molar-refractivity contribution in [3.8, 4) is 0 Å². The van der Waals surface area contributed by atoms with Gasteiger partial charge >= 0.3 is 0 Å². The molecular weight excluding hydrogens is 210 g/mol. The fraction of sp³-hybridized carbons (Fsp3) is 0.786. The summed E-state index contributed by atoms with van der Waals surface area (Å²) >= 11 is 0. The maximum atomic E-state index is 4.70. The summed E-state index contributed by atoms with van der Waals surface area (Å²) in [6.07, 6.45) is 5.11. The van der Waals surface area contributed by atoms with Gasteiger partial charge in [0.05, 0.1) is 5.69 Å². The van der Waals surface area contributed by atoms with Gasteiger partial charge in [0.25, 0.3) is 0 Å². The van der Waals surface area contributed by atoms with E-state index in [1.165, 1.54) is 42.6 Å².